The van der Waals surface area contributed by atoms with Crippen molar-refractivity contribution in [1.29, 1.82) is 0 Å². The van der Waals surface area contributed by atoms with Gasteiger partial charge in [0.2, 0.25) is 0 Å². The summed E-state index contributed by atoms with van der Waals surface area (Å²) in [6, 6.07) is 9.89. The van der Waals surface area contributed by atoms with E-state index in [1.165, 1.54) is 81.2 Å². The predicted molar refractivity (Wildman–Crippen MR) is 226 cm³/mol. The van der Waals surface area contributed by atoms with Gasteiger partial charge in [-0.15, -0.1) is 0 Å². The van der Waals surface area contributed by atoms with Gasteiger partial charge in [0.05, 0.1) is 28.3 Å². The van der Waals surface area contributed by atoms with Crippen molar-refractivity contribution in [2.24, 2.45) is 0 Å². The van der Waals surface area contributed by atoms with Crippen molar-refractivity contribution in [3.05, 3.63) is 35.9 Å². The van der Waals surface area contributed by atoms with E-state index in [1.807, 2.05) is 34.9 Å². The maximum absolute atomic E-state index is 5.77. The summed E-state index contributed by atoms with van der Waals surface area (Å²) in [7, 11) is 13.8. The first-order valence-corrected chi connectivity index (χ1v) is 31.7. The zero-order valence-corrected chi connectivity index (χ0v) is 38.3. The Bertz CT molecular complexity index is 964. The van der Waals surface area contributed by atoms with Gasteiger partial charge in [0.1, 0.15) is 5.79 Å². The van der Waals surface area contributed by atoms with Gasteiger partial charge >= 0.3 is 82.2 Å². The fourth-order valence-electron chi connectivity index (χ4n) is 10.2. The minimum atomic E-state index is -2.40. The van der Waals surface area contributed by atoms with Crippen molar-refractivity contribution < 1.29 is 26.8 Å². The summed E-state index contributed by atoms with van der Waals surface area (Å²) in [6.45, 7) is 0. The van der Waals surface area contributed by atoms with Crippen molar-refractivity contribution in [3.8, 4) is 0 Å². The van der Waals surface area contributed by atoms with Crippen LogP contribution < -0.4 is 0 Å². The van der Waals surface area contributed by atoms with Gasteiger partial charge in [-0.1, -0.05) is 32.1 Å². The molecular weight excluding hydrogens is 802 g/mol. The minimum absolute atomic E-state index is 0.0465. The molecule has 0 heterocycles. The van der Waals surface area contributed by atoms with Gasteiger partial charge < -0.3 is 13.3 Å². The Hall–Kier alpha value is 1.25. The number of hydrogen-bond donors (Lipinski definition) is 0. The van der Waals surface area contributed by atoms with Crippen LogP contribution in [0.1, 0.15) is 166 Å². The van der Waals surface area contributed by atoms with Crippen LogP contribution in [0.25, 0.3) is 0 Å². The fourth-order valence-corrected chi connectivity index (χ4v) is 26.8. The van der Waals surface area contributed by atoms with Gasteiger partial charge in [-0.2, -0.15) is 0 Å². The van der Waals surface area contributed by atoms with E-state index in [4.69, 9.17) is 32.7 Å². The van der Waals surface area contributed by atoms with E-state index >= 15 is 0 Å². The summed E-state index contributed by atoms with van der Waals surface area (Å²) in [5.74, 6) is 1.12. The zero-order valence-electron chi connectivity index (χ0n) is 32.1. The van der Waals surface area contributed by atoms with Crippen molar-refractivity contribution in [2.45, 2.75) is 189 Å². The molecule has 0 saturated heterocycles. The SMILES string of the molecule is C1CCC([PH+](C2CCCCC2)C2CCCCC2)CC1.CO[Si](C[PH+](C1CCCCC1)C1CCCCC1)(OC)OC.[Cl][Ru]([Cl])=[CH]c1ccccc1. The molecule has 50 heavy (non-hydrogen) atoms. The third-order valence-corrected chi connectivity index (χ3v) is 27.8. The van der Waals surface area contributed by atoms with Crippen LogP contribution in [-0.4, -0.2) is 68.8 Å². The molecule has 0 amide bonds. The van der Waals surface area contributed by atoms with Crippen LogP contribution in [0.15, 0.2) is 30.3 Å². The Morgan fingerprint density at radius 1 is 0.540 bits per heavy atom. The van der Waals surface area contributed by atoms with Gasteiger partial charge in [-0.05, 0) is 128 Å². The summed E-state index contributed by atoms with van der Waals surface area (Å²) in [4.78, 5) is 0. The first-order chi connectivity index (χ1) is 24.5. The molecule has 5 fully saturated rings. The van der Waals surface area contributed by atoms with Gasteiger partial charge in [0.25, 0.3) is 0 Å². The maximum atomic E-state index is 5.77. The summed E-state index contributed by atoms with van der Waals surface area (Å²) in [5.41, 5.74) is 6.74. The van der Waals surface area contributed by atoms with Crippen LogP contribution in [0.2, 0.25) is 0 Å². The number of benzene rings is 1. The van der Waals surface area contributed by atoms with Crippen molar-refractivity contribution in [2.75, 3.05) is 27.1 Å². The van der Waals surface area contributed by atoms with Crippen LogP contribution >= 0.6 is 35.2 Å². The molecule has 0 bridgehead atoms. The van der Waals surface area contributed by atoms with E-state index in [1.54, 1.807) is 118 Å². The standard InChI is InChI=1S/C18H33P.C16H33O3PSi.C7H6.2ClH.Ru/c1-4-10-16(11-5-1)19(17-12-6-2-7-13-17)18-14-8-3-9-15-18;1-17-21(18-2,19-3)14-20(15-10-6-4-7-11-15)16-12-8-5-9-13-16;1-7-5-3-2-4-6-7;;;/h16-18H,1-15H2;15-16H,4-14H2,1-3H3;1-6H;2*1H;/q;;;;;+2. The summed E-state index contributed by atoms with van der Waals surface area (Å²) in [5, 5.41) is 0. The summed E-state index contributed by atoms with van der Waals surface area (Å²) >= 11 is -1.61. The molecular formula is C41H74Cl2O3P2RuSi+2. The Morgan fingerprint density at radius 3 is 1.16 bits per heavy atom. The molecule has 0 aromatic heterocycles. The molecule has 0 aliphatic heterocycles. The first kappa shape index (κ1) is 44.0. The molecule has 1 aromatic carbocycles. The monoisotopic (exact) mass is 876 g/mol. The quantitative estimate of drug-likeness (QED) is 0.164. The van der Waals surface area contributed by atoms with E-state index in [9.17, 15) is 0 Å². The second-order valence-corrected chi connectivity index (χ2v) is 31.9. The second kappa shape index (κ2) is 25.4. The van der Waals surface area contributed by atoms with Crippen LogP contribution in [0.3, 0.4) is 0 Å². The average molecular weight is 877 g/mol. The van der Waals surface area contributed by atoms with Crippen molar-refractivity contribution in [1.82, 2.24) is 0 Å². The van der Waals surface area contributed by atoms with Crippen LogP contribution in [0.4, 0.5) is 0 Å². The second-order valence-electron chi connectivity index (χ2n) is 15.9. The predicted octanol–water partition coefficient (Wildman–Crippen LogP) is 13.2. The van der Waals surface area contributed by atoms with E-state index in [2.05, 4.69) is 0 Å². The number of halogens is 2. The fraction of sp³-hybridized carbons (Fsp3) is 0.829. The van der Waals surface area contributed by atoms with E-state index in [0.29, 0.717) is 0 Å². The van der Waals surface area contributed by atoms with Crippen LogP contribution in [0, 0.1) is 0 Å². The van der Waals surface area contributed by atoms with E-state index in [-0.39, 0.29) is 7.92 Å². The molecule has 5 aliphatic rings. The van der Waals surface area contributed by atoms with Crippen LogP contribution in [-0.2, 0) is 26.8 Å². The van der Waals surface area contributed by atoms with Crippen molar-refractivity contribution in [3.63, 3.8) is 0 Å². The zero-order chi connectivity index (χ0) is 35.4. The molecule has 3 nitrogen and oxygen atoms in total. The number of hydrogen-bond acceptors (Lipinski definition) is 3. The Balaban J connectivity index is 0.000000179. The van der Waals surface area contributed by atoms with E-state index in [0.717, 1.165) is 22.7 Å². The van der Waals surface area contributed by atoms with Crippen LogP contribution in [0.5, 0.6) is 0 Å². The topological polar surface area (TPSA) is 27.7 Å². The molecule has 1 aromatic rings. The van der Waals surface area contributed by atoms with Crippen molar-refractivity contribution >= 4 is 48.6 Å². The molecule has 5 aliphatic carbocycles. The Kier molecular flexibility index (Phi) is 22.4. The van der Waals surface area contributed by atoms with Gasteiger partial charge in [0.15, 0.2) is 0 Å². The molecule has 290 valence electrons. The molecule has 5 saturated carbocycles. The summed E-state index contributed by atoms with van der Waals surface area (Å²) < 4.78 is 19.2. The first-order valence-electron chi connectivity index (χ1n) is 20.7. The molecule has 6 rings (SSSR count). The molecule has 9 heteroatoms. The molecule has 0 N–H and O–H groups in total. The van der Waals surface area contributed by atoms with E-state index < -0.39 is 30.2 Å². The third kappa shape index (κ3) is 15.1. The average Bonchev–Trinajstić information content (AvgIpc) is 3.18. The van der Waals surface area contributed by atoms with Gasteiger partial charge in [0, 0.05) is 37.2 Å². The molecule has 0 atom stereocenters. The third-order valence-electron chi connectivity index (χ3n) is 12.8. The molecule has 0 radical (unpaired) electrons. The molecule has 0 unspecified atom stereocenters. The molecule has 0 spiro atoms. The normalized spacial score (nSPS) is 22.7. The summed E-state index contributed by atoms with van der Waals surface area (Å²) in [6.07, 6.45) is 38.2. The Morgan fingerprint density at radius 2 is 0.860 bits per heavy atom. The van der Waals surface area contributed by atoms with Gasteiger partial charge in [-0.3, -0.25) is 0 Å². The Labute approximate surface area is 325 Å². The number of rotatable bonds is 11. The van der Waals surface area contributed by atoms with Gasteiger partial charge in [-0.25, -0.2) is 0 Å².